The summed E-state index contributed by atoms with van der Waals surface area (Å²) in [6, 6.07) is 0.665. The van der Waals surface area contributed by atoms with Gasteiger partial charge in [-0.05, 0) is 43.2 Å². The van der Waals surface area contributed by atoms with Crippen molar-refractivity contribution >= 4 is 34.7 Å². The molecule has 0 saturated carbocycles. The van der Waals surface area contributed by atoms with E-state index in [9.17, 15) is 0 Å². The SMILES string of the molecule is CN1CCCC1CCNc1nc2nonc2nc1N1CCSCC1. The molecule has 0 bridgehead atoms. The van der Waals surface area contributed by atoms with Gasteiger partial charge in [0.2, 0.25) is 11.3 Å². The van der Waals surface area contributed by atoms with Gasteiger partial charge in [-0.25, -0.2) is 14.6 Å². The fraction of sp³-hybridized carbons (Fsp3) is 0.733. The van der Waals surface area contributed by atoms with Gasteiger partial charge in [0.15, 0.2) is 11.6 Å². The molecule has 1 atom stereocenters. The van der Waals surface area contributed by atoms with E-state index in [1.54, 1.807) is 0 Å². The summed E-state index contributed by atoms with van der Waals surface area (Å²) in [4.78, 5) is 14.0. The molecule has 4 heterocycles. The Labute approximate surface area is 145 Å². The van der Waals surface area contributed by atoms with E-state index in [-0.39, 0.29) is 0 Å². The van der Waals surface area contributed by atoms with Crippen molar-refractivity contribution in [1.82, 2.24) is 25.2 Å². The predicted octanol–water partition coefficient (Wildman–Crippen LogP) is 1.46. The second kappa shape index (κ2) is 7.10. The zero-order valence-corrected chi connectivity index (χ0v) is 14.8. The average Bonchev–Trinajstić information content (AvgIpc) is 3.23. The molecule has 24 heavy (non-hydrogen) atoms. The highest BCUT2D eigenvalue weighted by Gasteiger charge is 2.22. The molecule has 0 aliphatic carbocycles. The number of rotatable bonds is 5. The summed E-state index contributed by atoms with van der Waals surface area (Å²) in [5.74, 6) is 3.90. The number of aromatic nitrogens is 4. The number of thioether (sulfide) groups is 1. The van der Waals surface area contributed by atoms with Crippen LogP contribution in [-0.4, -0.2) is 76.0 Å². The molecular formula is C15H23N7OS. The molecule has 9 heteroatoms. The topological polar surface area (TPSA) is 83.2 Å². The molecule has 1 N–H and O–H groups in total. The van der Waals surface area contributed by atoms with Crippen molar-refractivity contribution in [2.24, 2.45) is 0 Å². The Morgan fingerprint density at radius 2 is 1.96 bits per heavy atom. The maximum Gasteiger partial charge on any atom is 0.245 e. The van der Waals surface area contributed by atoms with Crippen molar-refractivity contribution in [3.8, 4) is 0 Å². The Bertz CT molecular complexity index is 688. The summed E-state index contributed by atoms with van der Waals surface area (Å²) in [7, 11) is 2.21. The molecule has 2 fully saturated rings. The van der Waals surface area contributed by atoms with Crippen LogP contribution in [0.3, 0.4) is 0 Å². The zero-order valence-electron chi connectivity index (χ0n) is 13.9. The van der Waals surface area contributed by atoms with Crippen LogP contribution in [0, 0.1) is 0 Å². The van der Waals surface area contributed by atoms with E-state index in [1.807, 2.05) is 11.8 Å². The van der Waals surface area contributed by atoms with Crippen LogP contribution in [0.1, 0.15) is 19.3 Å². The lowest BCUT2D eigenvalue weighted by atomic mass is 10.1. The fourth-order valence-corrected chi connectivity index (χ4v) is 4.35. The maximum atomic E-state index is 4.78. The monoisotopic (exact) mass is 349 g/mol. The van der Waals surface area contributed by atoms with Crippen molar-refractivity contribution < 1.29 is 4.63 Å². The van der Waals surface area contributed by atoms with E-state index < -0.39 is 0 Å². The molecule has 1 unspecified atom stereocenters. The Morgan fingerprint density at radius 1 is 1.17 bits per heavy atom. The normalized spacial score (nSPS) is 22.4. The first-order chi connectivity index (χ1) is 11.8. The number of nitrogens with one attached hydrogen (secondary N) is 1. The van der Waals surface area contributed by atoms with Crippen LogP contribution in [-0.2, 0) is 0 Å². The molecule has 4 rings (SSSR count). The van der Waals surface area contributed by atoms with Crippen molar-refractivity contribution in [1.29, 1.82) is 0 Å². The molecule has 2 aliphatic heterocycles. The third kappa shape index (κ3) is 3.27. The Balaban J connectivity index is 1.51. The molecule has 0 aromatic carbocycles. The van der Waals surface area contributed by atoms with Gasteiger partial charge >= 0.3 is 0 Å². The molecule has 2 aromatic heterocycles. The van der Waals surface area contributed by atoms with E-state index in [2.05, 4.69) is 42.4 Å². The van der Waals surface area contributed by atoms with Gasteiger partial charge in [-0.1, -0.05) is 0 Å². The largest absolute Gasteiger partial charge is 0.367 e. The molecule has 8 nitrogen and oxygen atoms in total. The number of likely N-dealkylation sites (tertiary alicyclic amines) is 1. The summed E-state index contributed by atoms with van der Waals surface area (Å²) >= 11 is 1.98. The van der Waals surface area contributed by atoms with E-state index in [0.29, 0.717) is 17.3 Å². The first-order valence-corrected chi connectivity index (χ1v) is 9.74. The van der Waals surface area contributed by atoms with E-state index in [1.165, 1.54) is 19.4 Å². The third-order valence-corrected chi connectivity index (χ3v) is 5.79. The van der Waals surface area contributed by atoms with Crippen LogP contribution in [0.2, 0.25) is 0 Å². The maximum absolute atomic E-state index is 4.78. The van der Waals surface area contributed by atoms with Gasteiger partial charge in [0, 0.05) is 37.2 Å². The Hall–Kier alpha value is -1.61. The highest BCUT2D eigenvalue weighted by atomic mass is 32.2. The lowest BCUT2D eigenvalue weighted by Gasteiger charge is -2.28. The minimum atomic E-state index is 0.464. The average molecular weight is 349 g/mol. The molecule has 2 saturated heterocycles. The van der Waals surface area contributed by atoms with Crippen molar-refractivity contribution in [3.05, 3.63) is 0 Å². The highest BCUT2D eigenvalue weighted by Crippen LogP contribution is 2.26. The van der Waals surface area contributed by atoms with Crippen LogP contribution < -0.4 is 10.2 Å². The van der Waals surface area contributed by atoms with Crippen LogP contribution in [0.25, 0.3) is 11.3 Å². The summed E-state index contributed by atoms with van der Waals surface area (Å²) < 4.78 is 4.78. The molecule has 130 valence electrons. The quantitative estimate of drug-likeness (QED) is 0.862. The molecule has 0 amide bonds. The van der Waals surface area contributed by atoms with Crippen LogP contribution in [0.5, 0.6) is 0 Å². The van der Waals surface area contributed by atoms with E-state index in [4.69, 9.17) is 4.63 Å². The Morgan fingerprint density at radius 3 is 2.71 bits per heavy atom. The second-order valence-electron chi connectivity index (χ2n) is 6.40. The molecule has 0 spiro atoms. The summed E-state index contributed by atoms with van der Waals surface area (Å²) in [5, 5.41) is 11.2. The smallest absolute Gasteiger partial charge is 0.245 e. The Kier molecular flexibility index (Phi) is 4.70. The minimum absolute atomic E-state index is 0.464. The fourth-order valence-electron chi connectivity index (χ4n) is 3.44. The first kappa shape index (κ1) is 15.9. The molecule has 0 radical (unpaired) electrons. The lowest BCUT2D eigenvalue weighted by molar-refractivity contribution is 0.301. The summed E-state index contributed by atoms with van der Waals surface area (Å²) in [6.45, 7) is 4.06. The van der Waals surface area contributed by atoms with Crippen molar-refractivity contribution in [2.75, 3.05) is 54.9 Å². The summed E-state index contributed by atoms with van der Waals surface area (Å²) in [6.07, 6.45) is 3.70. The van der Waals surface area contributed by atoms with Crippen LogP contribution in [0.4, 0.5) is 11.6 Å². The highest BCUT2D eigenvalue weighted by molar-refractivity contribution is 7.99. The number of anilines is 2. The predicted molar refractivity (Wildman–Crippen MR) is 95.7 cm³/mol. The van der Waals surface area contributed by atoms with Gasteiger partial charge in [0.1, 0.15) is 0 Å². The second-order valence-corrected chi connectivity index (χ2v) is 7.62. The number of hydrogen-bond acceptors (Lipinski definition) is 9. The van der Waals surface area contributed by atoms with Crippen LogP contribution >= 0.6 is 11.8 Å². The first-order valence-electron chi connectivity index (χ1n) is 8.58. The molecule has 2 aromatic rings. The number of nitrogens with zero attached hydrogens (tertiary/aromatic N) is 6. The van der Waals surface area contributed by atoms with Gasteiger partial charge in [-0.15, -0.1) is 0 Å². The standard InChI is InChI=1S/C15H23N7OS/c1-21-6-2-3-11(21)4-5-16-14-15(22-7-9-24-10-8-22)18-13-12(17-14)19-23-20-13/h11H,2-10H2,1H3,(H,16,17,19). The van der Waals surface area contributed by atoms with Gasteiger partial charge in [-0.2, -0.15) is 11.8 Å². The van der Waals surface area contributed by atoms with Crippen molar-refractivity contribution in [2.45, 2.75) is 25.3 Å². The number of fused-ring (bicyclic) bond motifs is 1. The van der Waals surface area contributed by atoms with Crippen LogP contribution in [0.15, 0.2) is 4.63 Å². The van der Waals surface area contributed by atoms with Gasteiger partial charge in [0.05, 0.1) is 0 Å². The van der Waals surface area contributed by atoms with E-state index in [0.717, 1.165) is 49.2 Å². The van der Waals surface area contributed by atoms with E-state index >= 15 is 0 Å². The molecular weight excluding hydrogens is 326 g/mol. The minimum Gasteiger partial charge on any atom is -0.367 e. The molecule has 2 aliphatic rings. The number of hydrogen-bond donors (Lipinski definition) is 1. The zero-order chi connectivity index (χ0) is 16.4. The third-order valence-electron chi connectivity index (χ3n) is 4.85. The lowest BCUT2D eigenvalue weighted by Crippen LogP contribution is -2.34. The van der Waals surface area contributed by atoms with Gasteiger partial charge < -0.3 is 15.1 Å². The van der Waals surface area contributed by atoms with Gasteiger partial charge in [0.25, 0.3) is 0 Å². The summed E-state index contributed by atoms with van der Waals surface area (Å²) in [5.41, 5.74) is 0.940. The van der Waals surface area contributed by atoms with Gasteiger partial charge in [-0.3, -0.25) is 0 Å². The van der Waals surface area contributed by atoms with Crippen molar-refractivity contribution in [3.63, 3.8) is 0 Å².